The van der Waals surface area contributed by atoms with Gasteiger partial charge in [0.2, 0.25) is 5.91 Å². The Hall–Kier alpha value is -1.97. The first-order valence-electron chi connectivity index (χ1n) is 9.91. The number of allylic oxidation sites excluding steroid dienone is 2. The Labute approximate surface area is 165 Å². The fraction of sp³-hybridized carbons (Fsp3) is 0.609. The third-order valence-electron chi connectivity index (χ3n) is 4.64. The van der Waals surface area contributed by atoms with E-state index in [1.807, 2.05) is 11.8 Å². The second kappa shape index (κ2) is 13.2. The van der Waals surface area contributed by atoms with Gasteiger partial charge in [-0.2, -0.15) is 0 Å². The van der Waals surface area contributed by atoms with Gasteiger partial charge >= 0.3 is 0 Å². The summed E-state index contributed by atoms with van der Waals surface area (Å²) < 4.78 is 0. The smallest absolute Gasteiger partial charge is 0.248 e. The molecule has 0 heterocycles. The molecule has 152 valence electrons. The van der Waals surface area contributed by atoms with Crippen LogP contribution >= 0.6 is 0 Å². The van der Waals surface area contributed by atoms with Gasteiger partial charge in [0.15, 0.2) is 11.6 Å². The fourth-order valence-corrected chi connectivity index (χ4v) is 2.87. The Morgan fingerprint density at radius 2 is 1.33 bits per heavy atom. The number of carbonyl (C=O) groups excluding carboxylic acids is 3. The molecule has 1 amide bonds. The molecule has 4 nitrogen and oxygen atoms in total. The van der Waals surface area contributed by atoms with Crippen LogP contribution in [0.2, 0.25) is 0 Å². The zero-order valence-electron chi connectivity index (χ0n) is 17.7. The van der Waals surface area contributed by atoms with Crippen molar-refractivity contribution in [1.82, 2.24) is 4.90 Å². The Bertz CT molecular complexity index is 574. The molecule has 0 rings (SSSR count). The summed E-state index contributed by atoms with van der Waals surface area (Å²) >= 11 is 0. The first-order valence-corrected chi connectivity index (χ1v) is 9.91. The van der Waals surface area contributed by atoms with Gasteiger partial charge in [-0.25, -0.2) is 0 Å². The molecule has 0 aromatic rings. The molecule has 0 aliphatic rings. The quantitative estimate of drug-likeness (QED) is 0.297. The molecular weight excluding hydrogens is 338 g/mol. The summed E-state index contributed by atoms with van der Waals surface area (Å²) in [6.45, 7) is 19.6. The lowest BCUT2D eigenvalue weighted by molar-refractivity contribution is -0.127. The molecule has 0 saturated heterocycles. The SMILES string of the molecule is C=C(C)C(=O)CCCCN(CCCCCC(C)C(=O)C(=C)C)C(=O)C(=C)C. The van der Waals surface area contributed by atoms with Crippen molar-refractivity contribution in [2.24, 2.45) is 5.92 Å². The van der Waals surface area contributed by atoms with Crippen LogP contribution < -0.4 is 0 Å². The zero-order valence-corrected chi connectivity index (χ0v) is 17.7. The van der Waals surface area contributed by atoms with Crippen molar-refractivity contribution < 1.29 is 14.4 Å². The lowest BCUT2D eigenvalue weighted by atomic mass is 9.95. The van der Waals surface area contributed by atoms with Crippen molar-refractivity contribution in [3.8, 4) is 0 Å². The maximum absolute atomic E-state index is 12.3. The Morgan fingerprint density at radius 3 is 1.81 bits per heavy atom. The molecule has 1 unspecified atom stereocenters. The molecule has 0 aliphatic carbocycles. The molecular formula is C23H37NO3. The van der Waals surface area contributed by atoms with Gasteiger partial charge < -0.3 is 4.90 Å². The summed E-state index contributed by atoms with van der Waals surface area (Å²) in [7, 11) is 0. The summed E-state index contributed by atoms with van der Waals surface area (Å²) in [6, 6.07) is 0. The van der Waals surface area contributed by atoms with Gasteiger partial charge in [0, 0.05) is 31.0 Å². The lowest BCUT2D eigenvalue weighted by Crippen LogP contribution is -2.33. The van der Waals surface area contributed by atoms with Gasteiger partial charge in [-0.1, -0.05) is 39.5 Å². The number of hydrogen-bond acceptors (Lipinski definition) is 3. The molecule has 0 fully saturated rings. The van der Waals surface area contributed by atoms with Crippen molar-refractivity contribution in [3.05, 3.63) is 36.5 Å². The van der Waals surface area contributed by atoms with Crippen LogP contribution in [-0.2, 0) is 14.4 Å². The highest BCUT2D eigenvalue weighted by Gasteiger charge is 2.15. The minimum atomic E-state index is -0.0212. The highest BCUT2D eigenvalue weighted by atomic mass is 16.2. The van der Waals surface area contributed by atoms with E-state index >= 15 is 0 Å². The lowest BCUT2D eigenvalue weighted by Gasteiger charge is -2.23. The number of amides is 1. The van der Waals surface area contributed by atoms with E-state index in [4.69, 9.17) is 0 Å². The molecule has 0 aromatic carbocycles. The number of rotatable bonds is 15. The van der Waals surface area contributed by atoms with E-state index in [1.54, 1.807) is 20.8 Å². The number of unbranched alkanes of at least 4 members (excludes halogenated alkanes) is 3. The minimum absolute atomic E-state index is 0.0153. The maximum atomic E-state index is 12.3. The molecule has 27 heavy (non-hydrogen) atoms. The van der Waals surface area contributed by atoms with Crippen molar-refractivity contribution >= 4 is 17.5 Å². The number of hydrogen-bond donors (Lipinski definition) is 0. The van der Waals surface area contributed by atoms with Crippen molar-refractivity contribution in [3.63, 3.8) is 0 Å². The van der Waals surface area contributed by atoms with Gasteiger partial charge in [-0.05, 0) is 57.6 Å². The summed E-state index contributed by atoms with van der Waals surface area (Å²) in [5.74, 6) is 0.221. The number of ketones is 2. The number of carbonyl (C=O) groups is 3. The van der Waals surface area contributed by atoms with E-state index in [-0.39, 0.29) is 23.4 Å². The van der Waals surface area contributed by atoms with Crippen LogP contribution in [0.15, 0.2) is 36.5 Å². The van der Waals surface area contributed by atoms with Gasteiger partial charge in [-0.3, -0.25) is 14.4 Å². The van der Waals surface area contributed by atoms with Gasteiger partial charge in [0.25, 0.3) is 0 Å². The van der Waals surface area contributed by atoms with Crippen LogP contribution in [0.5, 0.6) is 0 Å². The zero-order chi connectivity index (χ0) is 21.0. The molecule has 1 atom stereocenters. The number of Topliss-reactive ketones (excluding diaryl/α,β-unsaturated/α-hetero) is 2. The highest BCUT2D eigenvalue weighted by Crippen LogP contribution is 2.14. The monoisotopic (exact) mass is 375 g/mol. The summed E-state index contributed by atoms with van der Waals surface area (Å²) in [4.78, 5) is 37.6. The molecule has 0 aromatic heterocycles. The molecule has 0 N–H and O–H groups in total. The third kappa shape index (κ3) is 10.7. The van der Waals surface area contributed by atoms with E-state index in [0.717, 1.165) is 38.5 Å². The standard InChI is InChI=1S/C23H37NO3/c1-17(2)21(25)14-10-12-16-24(23(27)19(5)6)15-11-8-9-13-20(7)22(26)18(3)4/h20H,1,3,5,8-16H2,2,4,6-7H3. The molecule has 4 heteroatoms. The van der Waals surface area contributed by atoms with E-state index in [0.29, 0.717) is 36.2 Å². The van der Waals surface area contributed by atoms with Crippen molar-refractivity contribution in [2.45, 2.75) is 72.6 Å². The van der Waals surface area contributed by atoms with Gasteiger partial charge in [0.1, 0.15) is 0 Å². The molecule has 0 spiro atoms. The Kier molecular flexibility index (Phi) is 12.3. The van der Waals surface area contributed by atoms with E-state index in [9.17, 15) is 14.4 Å². The normalized spacial score (nSPS) is 11.6. The van der Waals surface area contributed by atoms with Crippen molar-refractivity contribution in [2.75, 3.05) is 13.1 Å². The topological polar surface area (TPSA) is 54.5 Å². The predicted octanol–water partition coefficient (Wildman–Crippen LogP) is 5.05. The Balaban J connectivity index is 4.27. The second-order valence-electron chi connectivity index (χ2n) is 7.63. The second-order valence-corrected chi connectivity index (χ2v) is 7.63. The average molecular weight is 376 g/mol. The van der Waals surface area contributed by atoms with E-state index in [2.05, 4.69) is 19.7 Å². The van der Waals surface area contributed by atoms with E-state index < -0.39 is 0 Å². The summed E-state index contributed by atoms with van der Waals surface area (Å²) in [5.41, 5.74) is 1.74. The van der Waals surface area contributed by atoms with E-state index in [1.165, 1.54) is 0 Å². The van der Waals surface area contributed by atoms with Crippen molar-refractivity contribution in [1.29, 1.82) is 0 Å². The van der Waals surface area contributed by atoms with Crippen LogP contribution in [-0.4, -0.2) is 35.5 Å². The molecule has 0 aliphatic heterocycles. The highest BCUT2D eigenvalue weighted by molar-refractivity contribution is 5.95. The summed E-state index contributed by atoms with van der Waals surface area (Å²) in [6.07, 6.45) is 5.72. The predicted molar refractivity (Wildman–Crippen MR) is 113 cm³/mol. The van der Waals surface area contributed by atoms with Crippen LogP contribution in [0, 0.1) is 5.92 Å². The Morgan fingerprint density at radius 1 is 0.778 bits per heavy atom. The van der Waals surface area contributed by atoms with Crippen LogP contribution in [0.3, 0.4) is 0 Å². The fourth-order valence-electron chi connectivity index (χ4n) is 2.87. The summed E-state index contributed by atoms with van der Waals surface area (Å²) in [5, 5.41) is 0. The van der Waals surface area contributed by atoms with Crippen LogP contribution in [0.25, 0.3) is 0 Å². The maximum Gasteiger partial charge on any atom is 0.248 e. The number of nitrogens with zero attached hydrogens (tertiary/aromatic N) is 1. The third-order valence-corrected chi connectivity index (χ3v) is 4.64. The largest absolute Gasteiger partial charge is 0.339 e. The van der Waals surface area contributed by atoms with Gasteiger partial charge in [-0.15, -0.1) is 0 Å². The first-order chi connectivity index (χ1) is 12.6. The first kappa shape index (κ1) is 25.0. The van der Waals surface area contributed by atoms with Crippen LogP contribution in [0.4, 0.5) is 0 Å². The molecule has 0 bridgehead atoms. The molecule has 0 radical (unpaired) electrons. The molecule has 0 saturated carbocycles. The minimum Gasteiger partial charge on any atom is -0.339 e. The van der Waals surface area contributed by atoms with Gasteiger partial charge in [0.05, 0.1) is 0 Å². The average Bonchev–Trinajstić information content (AvgIpc) is 2.60. The van der Waals surface area contributed by atoms with Crippen LogP contribution in [0.1, 0.15) is 72.6 Å².